The summed E-state index contributed by atoms with van der Waals surface area (Å²) < 4.78 is 5.12. The van der Waals surface area contributed by atoms with Gasteiger partial charge >= 0.3 is 0 Å². The summed E-state index contributed by atoms with van der Waals surface area (Å²) in [5.41, 5.74) is 7.26. The monoisotopic (exact) mass is 278 g/mol. The van der Waals surface area contributed by atoms with Gasteiger partial charge in [0.2, 0.25) is 0 Å². The minimum atomic E-state index is -0.0709. The molecule has 1 aromatic rings. The molecule has 20 heavy (non-hydrogen) atoms. The molecule has 4 heteroatoms. The van der Waals surface area contributed by atoms with Crippen LogP contribution < -0.4 is 11.1 Å². The molecule has 4 nitrogen and oxygen atoms in total. The number of hydrogen-bond donors (Lipinski definition) is 2. The topological polar surface area (TPSA) is 64.3 Å². The Morgan fingerprint density at radius 2 is 2.00 bits per heavy atom. The van der Waals surface area contributed by atoms with Crippen LogP contribution in [0.3, 0.4) is 0 Å². The highest BCUT2D eigenvalue weighted by Gasteiger charge is 2.22. The summed E-state index contributed by atoms with van der Waals surface area (Å²) in [6.07, 6.45) is 0.706. The molecule has 1 atom stereocenters. The molecule has 112 valence electrons. The van der Waals surface area contributed by atoms with E-state index in [1.807, 2.05) is 24.3 Å². The zero-order valence-electron chi connectivity index (χ0n) is 12.9. The van der Waals surface area contributed by atoms with E-state index in [9.17, 15) is 4.79 Å². The number of nitrogens with one attached hydrogen (secondary N) is 1. The summed E-state index contributed by atoms with van der Waals surface area (Å²) in [6.45, 7) is 7.30. The molecule has 0 heterocycles. The minimum Gasteiger partial charge on any atom is -0.383 e. The Hall–Kier alpha value is -1.39. The average Bonchev–Trinajstić information content (AvgIpc) is 2.38. The molecule has 0 aliphatic carbocycles. The summed E-state index contributed by atoms with van der Waals surface area (Å²) >= 11 is 0. The van der Waals surface area contributed by atoms with Crippen molar-refractivity contribution in [1.82, 2.24) is 5.32 Å². The van der Waals surface area contributed by atoms with Gasteiger partial charge in [0.1, 0.15) is 0 Å². The fourth-order valence-electron chi connectivity index (χ4n) is 2.20. The van der Waals surface area contributed by atoms with Crippen molar-refractivity contribution in [3.63, 3.8) is 0 Å². The Bertz CT molecular complexity index is 432. The lowest BCUT2D eigenvalue weighted by Crippen LogP contribution is -2.40. The van der Waals surface area contributed by atoms with Gasteiger partial charge in [-0.15, -0.1) is 0 Å². The number of carbonyl (C=O) groups excluding carboxylic acids is 1. The van der Waals surface area contributed by atoms with Gasteiger partial charge in [-0.05, 0) is 30.0 Å². The first-order valence-corrected chi connectivity index (χ1v) is 6.99. The quantitative estimate of drug-likeness (QED) is 0.837. The van der Waals surface area contributed by atoms with Crippen molar-refractivity contribution in [2.45, 2.75) is 38.6 Å². The second-order valence-corrected chi connectivity index (χ2v) is 6.00. The van der Waals surface area contributed by atoms with Crippen LogP contribution in [0, 0.1) is 0 Å². The van der Waals surface area contributed by atoms with Gasteiger partial charge < -0.3 is 15.8 Å². The summed E-state index contributed by atoms with van der Waals surface area (Å²) in [4.78, 5) is 12.5. The fraction of sp³-hybridized carbons (Fsp3) is 0.562. The molecule has 0 radical (unpaired) electrons. The number of nitrogens with two attached hydrogens (primary N) is 1. The maximum Gasteiger partial charge on any atom is 0.251 e. The highest BCUT2D eigenvalue weighted by Crippen LogP contribution is 2.25. The van der Waals surface area contributed by atoms with Crippen molar-refractivity contribution in [2.24, 2.45) is 5.73 Å². The minimum absolute atomic E-state index is 0.0504. The van der Waals surface area contributed by atoms with E-state index in [1.165, 1.54) is 0 Å². The lowest BCUT2D eigenvalue weighted by Gasteiger charge is -2.24. The Kier molecular flexibility index (Phi) is 6.17. The molecule has 1 rings (SSSR count). The zero-order chi connectivity index (χ0) is 15.2. The molecule has 1 amide bonds. The molecule has 1 aromatic carbocycles. The molecule has 0 spiro atoms. The van der Waals surface area contributed by atoms with E-state index in [4.69, 9.17) is 10.5 Å². The molecule has 3 N–H and O–H groups in total. The predicted molar refractivity (Wildman–Crippen MR) is 81.9 cm³/mol. The van der Waals surface area contributed by atoms with Gasteiger partial charge in [0.05, 0.1) is 12.6 Å². The normalized spacial score (nSPS) is 13.1. The van der Waals surface area contributed by atoms with Crippen LogP contribution in [0.25, 0.3) is 0 Å². The number of methoxy groups -OCH3 is 1. The van der Waals surface area contributed by atoms with E-state index < -0.39 is 0 Å². The van der Waals surface area contributed by atoms with E-state index in [0.29, 0.717) is 19.6 Å². The van der Waals surface area contributed by atoms with E-state index in [0.717, 1.165) is 11.1 Å². The number of rotatable bonds is 6. The summed E-state index contributed by atoms with van der Waals surface area (Å²) in [5, 5.41) is 3.00. The first-order chi connectivity index (χ1) is 9.40. The van der Waals surface area contributed by atoms with Gasteiger partial charge in [-0.25, -0.2) is 0 Å². The number of hydrogen-bond acceptors (Lipinski definition) is 3. The summed E-state index contributed by atoms with van der Waals surface area (Å²) in [5.74, 6) is -0.0639. The molecule has 0 saturated carbocycles. The van der Waals surface area contributed by atoms with E-state index in [-0.39, 0.29) is 17.4 Å². The largest absolute Gasteiger partial charge is 0.383 e. The van der Waals surface area contributed by atoms with Gasteiger partial charge in [0.15, 0.2) is 0 Å². The summed E-state index contributed by atoms with van der Waals surface area (Å²) in [6, 6.07) is 7.67. The molecular formula is C16H26N2O2. The van der Waals surface area contributed by atoms with Gasteiger partial charge in [0, 0.05) is 12.7 Å². The SMILES string of the molecule is COCC(CCN)NC(=O)c1ccccc1C(C)(C)C. The van der Waals surface area contributed by atoms with Crippen LogP contribution in [-0.4, -0.2) is 32.2 Å². The van der Waals surface area contributed by atoms with Crippen LogP contribution in [0.5, 0.6) is 0 Å². The third kappa shape index (κ3) is 4.62. The molecule has 0 aliphatic rings. The maximum atomic E-state index is 12.5. The second kappa shape index (κ2) is 7.41. The molecule has 0 aromatic heterocycles. The Morgan fingerprint density at radius 3 is 2.55 bits per heavy atom. The Labute approximate surface area is 121 Å². The first kappa shape index (κ1) is 16.7. The highest BCUT2D eigenvalue weighted by molar-refractivity contribution is 5.96. The van der Waals surface area contributed by atoms with Gasteiger partial charge in [0.25, 0.3) is 5.91 Å². The third-order valence-electron chi connectivity index (χ3n) is 3.20. The first-order valence-electron chi connectivity index (χ1n) is 6.99. The predicted octanol–water partition coefficient (Wildman–Crippen LogP) is 2.08. The maximum absolute atomic E-state index is 12.5. The standard InChI is InChI=1S/C16H26N2O2/c1-16(2,3)14-8-6-5-7-13(14)15(19)18-12(9-10-17)11-20-4/h5-8,12H,9-11,17H2,1-4H3,(H,18,19). The zero-order valence-corrected chi connectivity index (χ0v) is 12.9. The van der Waals surface area contributed by atoms with Crippen LogP contribution in [0.1, 0.15) is 43.1 Å². The van der Waals surface area contributed by atoms with Gasteiger partial charge in [-0.2, -0.15) is 0 Å². The second-order valence-electron chi connectivity index (χ2n) is 6.00. The van der Waals surface area contributed by atoms with Crippen LogP contribution in [-0.2, 0) is 10.2 Å². The Morgan fingerprint density at radius 1 is 1.35 bits per heavy atom. The van der Waals surface area contributed by atoms with E-state index >= 15 is 0 Å². The number of amides is 1. The van der Waals surface area contributed by atoms with Gasteiger partial charge in [-0.3, -0.25) is 4.79 Å². The smallest absolute Gasteiger partial charge is 0.251 e. The van der Waals surface area contributed by atoms with Crippen molar-refractivity contribution in [2.75, 3.05) is 20.3 Å². The van der Waals surface area contributed by atoms with Crippen molar-refractivity contribution in [3.05, 3.63) is 35.4 Å². The fourth-order valence-corrected chi connectivity index (χ4v) is 2.20. The molecule has 0 bridgehead atoms. The van der Waals surface area contributed by atoms with Crippen LogP contribution in [0.4, 0.5) is 0 Å². The van der Waals surface area contributed by atoms with Crippen molar-refractivity contribution < 1.29 is 9.53 Å². The molecule has 1 unspecified atom stereocenters. The van der Waals surface area contributed by atoms with E-state index in [1.54, 1.807) is 7.11 Å². The van der Waals surface area contributed by atoms with Crippen LogP contribution in [0.2, 0.25) is 0 Å². The molecule has 0 saturated heterocycles. The molecular weight excluding hydrogens is 252 g/mol. The molecule has 0 fully saturated rings. The highest BCUT2D eigenvalue weighted by atomic mass is 16.5. The van der Waals surface area contributed by atoms with Crippen LogP contribution >= 0.6 is 0 Å². The van der Waals surface area contributed by atoms with Crippen molar-refractivity contribution >= 4 is 5.91 Å². The number of carbonyl (C=O) groups is 1. The summed E-state index contributed by atoms with van der Waals surface area (Å²) in [7, 11) is 1.62. The average molecular weight is 278 g/mol. The lowest BCUT2D eigenvalue weighted by molar-refractivity contribution is 0.0891. The van der Waals surface area contributed by atoms with Crippen LogP contribution in [0.15, 0.2) is 24.3 Å². The lowest BCUT2D eigenvalue weighted by atomic mass is 9.83. The Balaban J connectivity index is 2.92. The molecule has 0 aliphatic heterocycles. The van der Waals surface area contributed by atoms with Gasteiger partial charge in [-0.1, -0.05) is 39.0 Å². The third-order valence-corrected chi connectivity index (χ3v) is 3.20. The van der Waals surface area contributed by atoms with E-state index in [2.05, 4.69) is 26.1 Å². The van der Waals surface area contributed by atoms with Crippen molar-refractivity contribution in [3.8, 4) is 0 Å². The number of ether oxygens (including phenoxy) is 1. The number of benzene rings is 1. The van der Waals surface area contributed by atoms with Crippen molar-refractivity contribution in [1.29, 1.82) is 0 Å².